The summed E-state index contributed by atoms with van der Waals surface area (Å²) in [6, 6.07) is 8.03. The fourth-order valence-corrected chi connectivity index (χ4v) is 3.27. The third-order valence-electron chi connectivity index (χ3n) is 2.80. The number of alkyl halides is 1. The van der Waals surface area contributed by atoms with Crippen LogP contribution in [0, 0.1) is 13.8 Å². The van der Waals surface area contributed by atoms with Crippen molar-refractivity contribution in [2.45, 2.75) is 25.6 Å². The molecular formula is C14H16ClNOS. The summed E-state index contributed by atoms with van der Waals surface area (Å²) < 4.78 is 5.14. The molecular weight excluding hydrogens is 266 g/mol. The summed E-state index contributed by atoms with van der Waals surface area (Å²) in [4.78, 5) is 5.59. The molecule has 0 aliphatic rings. The Morgan fingerprint density at radius 1 is 1.28 bits per heavy atom. The first kappa shape index (κ1) is 13.4. The molecule has 0 radical (unpaired) electrons. The summed E-state index contributed by atoms with van der Waals surface area (Å²) in [6.07, 6.45) is 0.814. The van der Waals surface area contributed by atoms with E-state index in [1.54, 1.807) is 18.4 Å². The molecule has 0 saturated carbocycles. The SMILES string of the molecule is COc1ccc(CC(Cl)c2sc(C)nc2C)cc1. The minimum absolute atomic E-state index is 0.00963. The second kappa shape index (κ2) is 5.72. The van der Waals surface area contributed by atoms with Gasteiger partial charge in [0.05, 0.1) is 23.2 Å². The Morgan fingerprint density at radius 2 is 1.94 bits per heavy atom. The van der Waals surface area contributed by atoms with Crippen molar-refractivity contribution in [3.05, 3.63) is 45.4 Å². The Kier molecular flexibility index (Phi) is 4.25. The Labute approximate surface area is 117 Å². The number of thiazole rings is 1. The van der Waals surface area contributed by atoms with Gasteiger partial charge in [-0.15, -0.1) is 22.9 Å². The minimum atomic E-state index is -0.00963. The van der Waals surface area contributed by atoms with Crippen LogP contribution < -0.4 is 4.74 Å². The molecule has 4 heteroatoms. The van der Waals surface area contributed by atoms with Crippen LogP contribution >= 0.6 is 22.9 Å². The van der Waals surface area contributed by atoms with E-state index in [2.05, 4.69) is 17.1 Å². The Balaban J connectivity index is 2.10. The minimum Gasteiger partial charge on any atom is -0.497 e. The van der Waals surface area contributed by atoms with Gasteiger partial charge in [-0.1, -0.05) is 12.1 Å². The highest BCUT2D eigenvalue weighted by atomic mass is 35.5. The van der Waals surface area contributed by atoms with E-state index in [0.29, 0.717) is 0 Å². The number of ether oxygens (including phenoxy) is 1. The average molecular weight is 282 g/mol. The van der Waals surface area contributed by atoms with Crippen molar-refractivity contribution in [3.63, 3.8) is 0 Å². The highest BCUT2D eigenvalue weighted by Gasteiger charge is 2.15. The molecule has 1 atom stereocenters. The number of halogens is 1. The topological polar surface area (TPSA) is 22.1 Å². The second-order valence-electron chi connectivity index (χ2n) is 4.20. The van der Waals surface area contributed by atoms with Crippen LogP contribution in [0.25, 0.3) is 0 Å². The predicted octanol–water partition coefficient (Wildman–Crippen LogP) is 4.29. The van der Waals surface area contributed by atoms with E-state index in [1.807, 2.05) is 26.0 Å². The maximum Gasteiger partial charge on any atom is 0.118 e. The maximum absolute atomic E-state index is 6.47. The third-order valence-corrected chi connectivity index (χ3v) is 4.49. The highest BCUT2D eigenvalue weighted by Crippen LogP contribution is 2.32. The largest absolute Gasteiger partial charge is 0.497 e. The quantitative estimate of drug-likeness (QED) is 0.780. The number of rotatable bonds is 4. The third kappa shape index (κ3) is 3.03. The summed E-state index contributed by atoms with van der Waals surface area (Å²) in [5, 5.41) is 1.06. The zero-order chi connectivity index (χ0) is 13.1. The molecule has 0 bridgehead atoms. The molecule has 0 N–H and O–H groups in total. The molecule has 0 saturated heterocycles. The van der Waals surface area contributed by atoms with E-state index >= 15 is 0 Å². The van der Waals surface area contributed by atoms with Crippen molar-refractivity contribution in [2.75, 3.05) is 7.11 Å². The Bertz CT molecular complexity index is 521. The van der Waals surface area contributed by atoms with Crippen LogP contribution in [0.1, 0.15) is 26.5 Å². The molecule has 0 amide bonds. The average Bonchev–Trinajstić information content (AvgIpc) is 2.69. The maximum atomic E-state index is 6.47. The predicted molar refractivity (Wildman–Crippen MR) is 76.9 cm³/mol. The fourth-order valence-electron chi connectivity index (χ4n) is 1.90. The first-order valence-corrected chi connectivity index (χ1v) is 7.06. The van der Waals surface area contributed by atoms with Crippen molar-refractivity contribution < 1.29 is 4.74 Å². The van der Waals surface area contributed by atoms with E-state index in [0.717, 1.165) is 22.9 Å². The standard InChI is InChI=1S/C14H16ClNOS/c1-9-14(18-10(2)16-9)13(15)8-11-4-6-12(17-3)7-5-11/h4-7,13H,8H2,1-3H3. The normalized spacial score (nSPS) is 12.4. The van der Waals surface area contributed by atoms with Crippen molar-refractivity contribution in [1.29, 1.82) is 0 Å². The molecule has 96 valence electrons. The summed E-state index contributed by atoms with van der Waals surface area (Å²) in [7, 11) is 1.67. The first-order valence-electron chi connectivity index (χ1n) is 5.81. The van der Waals surface area contributed by atoms with Gasteiger partial charge in [0.15, 0.2) is 0 Å². The zero-order valence-electron chi connectivity index (χ0n) is 10.7. The van der Waals surface area contributed by atoms with Crippen LogP contribution in [0.3, 0.4) is 0 Å². The molecule has 0 fully saturated rings. The van der Waals surface area contributed by atoms with E-state index in [4.69, 9.17) is 16.3 Å². The van der Waals surface area contributed by atoms with Crippen LogP contribution in [0.15, 0.2) is 24.3 Å². The van der Waals surface area contributed by atoms with Crippen LogP contribution in [-0.4, -0.2) is 12.1 Å². The van der Waals surface area contributed by atoms with Gasteiger partial charge in [0, 0.05) is 4.88 Å². The van der Waals surface area contributed by atoms with Crippen molar-refractivity contribution in [2.24, 2.45) is 0 Å². The molecule has 1 unspecified atom stereocenters. The lowest BCUT2D eigenvalue weighted by molar-refractivity contribution is 0.414. The molecule has 0 aliphatic carbocycles. The number of hydrogen-bond acceptors (Lipinski definition) is 3. The molecule has 1 heterocycles. The van der Waals surface area contributed by atoms with E-state index < -0.39 is 0 Å². The number of benzene rings is 1. The molecule has 2 aromatic rings. The lowest BCUT2D eigenvalue weighted by Crippen LogP contribution is -1.95. The van der Waals surface area contributed by atoms with Gasteiger partial charge in [0.2, 0.25) is 0 Å². The van der Waals surface area contributed by atoms with E-state index in [-0.39, 0.29) is 5.38 Å². The lowest BCUT2D eigenvalue weighted by atomic mass is 10.1. The highest BCUT2D eigenvalue weighted by molar-refractivity contribution is 7.12. The van der Waals surface area contributed by atoms with Gasteiger partial charge in [0.1, 0.15) is 5.75 Å². The Morgan fingerprint density at radius 3 is 2.44 bits per heavy atom. The molecule has 0 spiro atoms. The van der Waals surface area contributed by atoms with Crippen molar-refractivity contribution >= 4 is 22.9 Å². The first-order chi connectivity index (χ1) is 8.60. The number of hydrogen-bond donors (Lipinski definition) is 0. The molecule has 18 heavy (non-hydrogen) atoms. The molecule has 1 aromatic heterocycles. The van der Waals surface area contributed by atoms with Crippen LogP contribution in [-0.2, 0) is 6.42 Å². The van der Waals surface area contributed by atoms with Crippen LogP contribution in [0.2, 0.25) is 0 Å². The summed E-state index contributed by atoms with van der Waals surface area (Å²) in [5.74, 6) is 0.870. The van der Waals surface area contributed by atoms with Gasteiger partial charge in [-0.3, -0.25) is 0 Å². The molecule has 0 aliphatic heterocycles. The number of nitrogens with zero attached hydrogens (tertiary/aromatic N) is 1. The lowest BCUT2D eigenvalue weighted by Gasteiger charge is -2.09. The smallest absolute Gasteiger partial charge is 0.118 e. The number of methoxy groups -OCH3 is 1. The molecule has 2 rings (SSSR count). The monoisotopic (exact) mass is 281 g/mol. The summed E-state index contributed by atoms with van der Waals surface area (Å²) >= 11 is 8.15. The van der Waals surface area contributed by atoms with Gasteiger partial charge in [-0.2, -0.15) is 0 Å². The Hall–Kier alpha value is -1.06. The zero-order valence-corrected chi connectivity index (χ0v) is 12.3. The van der Waals surface area contributed by atoms with Crippen molar-refractivity contribution in [3.8, 4) is 5.75 Å². The summed E-state index contributed by atoms with van der Waals surface area (Å²) in [5.41, 5.74) is 2.26. The van der Waals surface area contributed by atoms with Crippen LogP contribution in [0.4, 0.5) is 0 Å². The van der Waals surface area contributed by atoms with Gasteiger partial charge in [-0.25, -0.2) is 4.98 Å². The number of aryl methyl sites for hydroxylation is 2. The van der Waals surface area contributed by atoms with E-state index in [1.165, 1.54) is 10.4 Å². The van der Waals surface area contributed by atoms with Crippen molar-refractivity contribution in [1.82, 2.24) is 4.98 Å². The molecule has 1 aromatic carbocycles. The summed E-state index contributed by atoms with van der Waals surface area (Å²) in [6.45, 7) is 4.03. The number of aromatic nitrogens is 1. The van der Waals surface area contributed by atoms with Crippen LogP contribution in [0.5, 0.6) is 5.75 Å². The fraction of sp³-hybridized carbons (Fsp3) is 0.357. The van der Waals surface area contributed by atoms with Gasteiger partial charge >= 0.3 is 0 Å². The van der Waals surface area contributed by atoms with E-state index in [9.17, 15) is 0 Å². The molecule has 2 nitrogen and oxygen atoms in total. The van der Waals surface area contributed by atoms with Gasteiger partial charge in [-0.05, 0) is 38.0 Å². The second-order valence-corrected chi connectivity index (χ2v) is 5.96. The van der Waals surface area contributed by atoms with Gasteiger partial charge in [0.25, 0.3) is 0 Å². The van der Waals surface area contributed by atoms with Gasteiger partial charge < -0.3 is 4.74 Å².